The number of benzene rings is 3. The van der Waals surface area contributed by atoms with Crippen molar-refractivity contribution in [3.8, 4) is 0 Å². The largest absolute Gasteiger partial charge is 0.304 e. The van der Waals surface area contributed by atoms with Crippen molar-refractivity contribution in [2.24, 2.45) is 0 Å². The van der Waals surface area contributed by atoms with Gasteiger partial charge in [0.2, 0.25) is 10.0 Å². The molecule has 41 heavy (non-hydrogen) atoms. The Kier molecular flexibility index (Phi) is 8.37. The van der Waals surface area contributed by atoms with Gasteiger partial charge in [0.05, 0.1) is 11.4 Å². The molecule has 1 unspecified atom stereocenters. The first-order valence-electron chi connectivity index (χ1n) is 13.5. The zero-order chi connectivity index (χ0) is 29.0. The molecule has 7 nitrogen and oxygen atoms in total. The minimum Gasteiger partial charge on any atom is -0.304 e. The van der Waals surface area contributed by atoms with Crippen molar-refractivity contribution in [2.75, 3.05) is 4.90 Å². The Balaban J connectivity index is 1.45. The Bertz CT molecular complexity index is 1660. The van der Waals surface area contributed by atoms with Crippen LogP contribution in [0.3, 0.4) is 0 Å². The number of halogens is 1. The molecule has 0 saturated carbocycles. The van der Waals surface area contributed by atoms with Gasteiger partial charge < -0.3 is 4.90 Å². The van der Waals surface area contributed by atoms with Crippen LogP contribution in [0.1, 0.15) is 60.3 Å². The number of rotatable bonds is 9. The first-order chi connectivity index (χ1) is 19.7. The van der Waals surface area contributed by atoms with Crippen LogP contribution in [0.2, 0.25) is 0 Å². The van der Waals surface area contributed by atoms with E-state index >= 15 is 0 Å². The molecule has 5 rings (SSSR count). The second-order valence-electron chi connectivity index (χ2n) is 10.3. The highest BCUT2D eigenvalue weighted by atomic mass is 32.2. The van der Waals surface area contributed by atoms with Gasteiger partial charge in [-0.25, -0.2) is 27.5 Å². The van der Waals surface area contributed by atoms with Crippen LogP contribution in [0, 0.1) is 5.82 Å². The van der Waals surface area contributed by atoms with Crippen molar-refractivity contribution >= 4 is 27.7 Å². The molecule has 1 aromatic heterocycles. The zero-order valence-electron chi connectivity index (χ0n) is 22.9. The summed E-state index contributed by atoms with van der Waals surface area (Å²) in [6, 6.07) is 19.5. The second kappa shape index (κ2) is 12.1. The number of nitrogens with one attached hydrogen (secondary N) is 1. The molecule has 0 spiro atoms. The van der Waals surface area contributed by atoms with Crippen LogP contribution < -0.4 is 9.62 Å². The molecular weight excluding hydrogens is 539 g/mol. The lowest BCUT2D eigenvalue weighted by atomic mass is 10.1. The van der Waals surface area contributed by atoms with E-state index in [1.54, 1.807) is 23.4 Å². The lowest BCUT2D eigenvalue weighted by Gasteiger charge is -2.23. The molecule has 3 aromatic carbocycles. The third-order valence-electron chi connectivity index (χ3n) is 7.01. The number of carbonyl (C=O) groups is 1. The summed E-state index contributed by atoms with van der Waals surface area (Å²) in [6.45, 7) is 4.27. The van der Waals surface area contributed by atoms with Crippen molar-refractivity contribution in [3.63, 3.8) is 0 Å². The number of hydrogen-bond acceptors (Lipinski definition) is 5. The summed E-state index contributed by atoms with van der Waals surface area (Å²) >= 11 is 0. The molecule has 1 aliphatic rings. The van der Waals surface area contributed by atoms with E-state index in [1.807, 2.05) is 62.4 Å². The number of anilines is 1. The fourth-order valence-corrected chi connectivity index (χ4v) is 6.04. The van der Waals surface area contributed by atoms with Gasteiger partial charge in [-0.2, -0.15) is 0 Å². The maximum Gasteiger partial charge on any atom is 0.251 e. The number of hydrogen-bond donors (Lipinski definition) is 1. The summed E-state index contributed by atoms with van der Waals surface area (Å²) in [6.07, 6.45) is 8.03. The van der Waals surface area contributed by atoms with E-state index < -0.39 is 21.9 Å². The highest BCUT2D eigenvalue weighted by Gasteiger charge is 2.29. The Labute approximate surface area is 239 Å². The summed E-state index contributed by atoms with van der Waals surface area (Å²) in [7, 11) is -3.88. The number of sulfonamides is 1. The monoisotopic (exact) mass is 570 g/mol. The van der Waals surface area contributed by atoms with Gasteiger partial charge >= 0.3 is 0 Å². The fraction of sp³-hybridized carbons (Fsp3) is 0.219. The quantitative estimate of drug-likeness (QED) is 0.251. The zero-order valence-corrected chi connectivity index (χ0v) is 23.7. The molecule has 0 saturated heterocycles. The minimum atomic E-state index is -3.88. The molecule has 9 heteroatoms. The van der Waals surface area contributed by atoms with Crippen molar-refractivity contribution in [1.29, 1.82) is 0 Å². The Morgan fingerprint density at radius 2 is 1.76 bits per heavy atom. The van der Waals surface area contributed by atoms with Crippen molar-refractivity contribution in [3.05, 3.63) is 125 Å². The average molecular weight is 571 g/mol. The van der Waals surface area contributed by atoms with Crippen LogP contribution in [0.25, 0.3) is 6.08 Å². The smallest absolute Gasteiger partial charge is 0.251 e. The van der Waals surface area contributed by atoms with Crippen LogP contribution in [-0.2, 0) is 27.8 Å². The van der Waals surface area contributed by atoms with Gasteiger partial charge in [-0.3, -0.25) is 4.79 Å². The number of nitrogens with zero attached hydrogens (tertiary/aromatic N) is 3. The van der Waals surface area contributed by atoms with Gasteiger partial charge in [0.25, 0.3) is 5.91 Å². The minimum absolute atomic E-state index is 0.00352. The Morgan fingerprint density at radius 3 is 2.44 bits per heavy atom. The van der Waals surface area contributed by atoms with E-state index in [-0.39, 0.29) is 23.3 Å². The number of aryl methyl sites for hydroxylation is 1. The number of amides is 1. The molecule has 0 fully saturated rings. The second-order valence-corrected chi connectivity index (χ2v) is 12.0. The van der Waals surface area contributed by atoms with Crippen molar-refractivity contribution < 1.29 is 17.6 Å². The molecule has 210 valence electrons. The SMILES string of the molecule is CC(C)c1ncc(CN(C(=O)/C=C/c2ccccc2)c2ccc3c(c2)C(NS(=O)(=O)c2ccc(F)cc2)CC3)cn1. The topological polar surface area (TPSA) is 92.3 Å². The van der Waals surface area contributed by atoms with Gasteiger partial charge in [-0.05, 0) is 72.0 Å². The van der Waals surface area contributed by atoms with E-state index in [9.17, 15) is 17.6 Å². The molecule has 4 aromatic rings. The van der Waals surface area contributed by atoms with E-state index in [1.165, 1.54) is 18.2 Å². The van der Waals surface area contributed by atoms with Crippen molar-refractivity contribution in [1.82, 2.24) is 14.7 Å². The predicted octanol–water partition coefficient (Wildman–Crippen LogP) is 5.95. The van der Waals surface area contributed by atoms with E-state index in [4.69, 9.17) is 0 Å². The molecule has 0 bridgehead atoms. The van der Waals surface area contributed by atoms with Gasteiger partial charge in [0, 0.05) is 41.7 Å². The summed E-state index contributed by atoms with van der Waals surface area (Å²) in [5.41, 5.74) is 4.12. The van der Waals surface area contributed by atoms with Crippen LogP contribution in [0.5, 0.6) is 0 Å². The fourth-order valence-electron chi connectivity index (χ4n) is 4.79. The van der Waals surface area contributed by atoms with Crippen molar-refractivity contribution in [2.45, 2.75) is 50.1 Å². The van der Waals surface area contributed by atoms with Crippen LogP contribution in [0.15, 0.2) is 96.2 Å². The maximum atomic E-state index is 13.6. The predicted molar refractivity (Wildman–Crippen MR) is 157 cm³/mol. The maximum absolute atomic E-state index is 13.6. The van der Waals surface area contributed by atoms with Crippen LogP contribution >= 0.6 is 0 Å². The summed E-state index contributed by atoms with van der Waals surface area (Å²) < 4.78 is 42.2. The van der Waals surface area contributed by atoms with E-state index in [0.717, 1.165) is 40.2 Å². The molecule has 1 N–H and O–H groups in total. The summed E-state index contributed by atoms with van der Waals surface area (Å²) in [5, 5.41) is 0. The lowest BCUT2D eigenvalue weighted by molar-refractivity contribution is -0.114. The van der Waals surface area contributed by atoms with Gasteiger partial charge in [0.15, 0.2) is 0 Å². The molecule has 1 aliphatic carbocycles. The third-order valence-corrected chi connectivity index (χ3v) is 8.49. The molecule has 1 heterocycles. The highest BCUT2D eigenvalue weighted by molar-refractivity contribution is 7.89. The molecule has 0 radical (unpaired) electrons. The average Bonchev–Trinajstić information content (AvgIpc) is 3.36. The Hall–Kier alpha value is -4.21. The lowest BCUT2D eigenvalue weighted by Crippen LogP contribution is -2.30. The van der Waals surface area contributed by atoms with Crippen LogP contribution in [-0.4, -0.2) is 24.3 Å². The van der Waals surface area contributed by atoms with Gasteiger partial charge in [-0.15, -0.1) is 0 Å². The standard InChI is InChI=1S/C32H31FN4O3S/c1-22(2)32-34-19-24(20-35-32)21-37(31(38)17-8-23-6-4-3-5-7-23)27-13-9-25-10-16-30(29(25)18-27)36-41(39,40)28-14-11-26(33)12-15-28/h3-9,11-15,17-20,22,30,36H,10,16,21H2,1-2H3/b17-8+. The summed E-state index contributed by atoms with van der Waals surface area (Å²) in [4.78, 5) is 24.1. The van der Waals surface area contributed by atoms with Crippen LogP contribution in [0.4, 0.5) is 10.1 Å². The number of aromatic nitrogens is 2. The molecule has 1 atom stereocenters. The normalized spacial score (nSPS) is 14.9. The first-order valence-corrected chi connectivity index (χ1v) is 14.9. The van der Waals surface area contributed by atoms with E-state index in [0.29, 0.717) is 18.5 Å². The van der Waals surface area contributed by atoms with E-state index in [2.05, 4.69) is 14.7 Å². The highest BCUT2D eigenvalue weighted by Crippen LogP contribution is 2.35. The first kappa shape index (κ1) is 28.3. The molecular formula is C32H31FN4O3S. The Morgan fingerprint density at radius 1 is 1.05 bits per heavy atom. The third kappa shape index (κ3) is 6.75. The molecule has 0 aliphatic heterocycles. The molecule has 1 amide bonds. The van der Waals surface area contributed by atoms with Gasteiger partial charge in [-0.1, -0.05) is 50.2 Å². The summed E-state index contributed by atoms with van der Waals surface area (Å²) in [5.74, 6) is 0.172. The number of carbonyl (C=O) groups excluding carboxylic acids is 1. The van der Waals surface area contributed by atoms with Gasteiger partial charge in [0.1, 0.15) is 11.6 Å². The number of fused-ring (bicyclic) bond motifs is 1.